The Balaban J connectivity index is 3.05. The molecule has 2 nitrogen and oxygen atoms in total. The summed E-state index contributed by atoms with van der Waals surface area (Å²) in [5, 5.41) is 0. The van der Waals surface area contributed by atoms with Crippen molar-refractivity contribution in [1.29, 1.82) is 0 Å². The molecule has 0 aliphatic carbocycles. The van der Waals surface area contributed by atoms with Crippen molar-refractivity contribution in [2.75, 3.05) is 5.88 Å². The molecule has 0 atom stereocenters. The SMILES string of the molecule is O=C(CCl)Cc1cc(OC(F)F)ccc1SC(F)(F)F. The Morgan fingerprint density at radius 2 is 2.00 bits per heavy atom. The molecule has 0 saturated carbocycles. The molecule has 1 aromatic rings. The van der Waals surface area contributed by atoms with Gasteiger partial charge >= 0.3 is 12.1 Å². The van der Waals surface area contributed by atoms with Gasteiger partial charge in [-0.25, -0.2) is 0 Å². The van der Waals surface area contributed by atoms with E-state index >= 15 is 0 Å². The standard InChI is InChI=1S/C11H8ClF5O2S/c12-5-7(18)3-6-4-8(19-10(13)14)1-2-9(6)20-11(15,16)17/h1-2,4,10H,3,5H2. The maximum absolute atomic E-state index is 12.4. The van der Waals surface area contributed by atoms with Crippen LogP contribution in [0.15, 0.2) is 23.1 Å². The third-order valence-electron chi connectivity index (χ3n) is 2.02. The summed E-state index contributed by atoms with van der Waals surface area (Å²) in [5.41, 5.74) is -4.61. The third kappa shape index (κ3) is 5.96. The van der Waals surface area contributed by atoms with E-state index in [2.05, 4.69) is 4.74 Å². The van der Waals surface area contributed by atoms with Crippen LogP contribution in [0.4, 0.5) is 22.0 Å². The number of carbonyl (C=O) groups excluding carboxylic acids is 1. The molecule has 9 heteroatoms. The van der Waals surface area contributed by atoms with Gasteiger partial charge in [-0.2, -0.15) is 22.0 Å². The van der Waals surface area contributed by atoms with Crippen LogP contribution in [-0.2, 0) is 11.2 Å². The van der Waals surface area contributed by atoms with E-state index in [0.717, 1.165) is 18.2 Å². The summed E-state index contributed by atoms with van der Waals surface area (Å²) in [6.45, 7) is -3.10. The highest BCUT2D eigenvalue weighted by molar-refractivity contribution is 8.00. The number of Topliss-reactive ketones (excluding diaryl/α,β-unsaturated/α-hetero) is 1. The molecule has 1 rings (SSSR count). The summed E-state index contributed by atoms with van der Waals surface area (Å²) in [7, 11) is 0. The molecule has 0 amide bonds. The van der Waals surface area contributed by atoms with Gasteiger partial charge in [0.1, 0.15) is 5.75 Å². The number of halogens is 6. The summed E-state index contributed by atoms with van der Waals surface area (Å²) in [4.78, 5) is 11.0. The predicted octanol–water partition coefficient (Wildman–Crippen LogP) is 4.25. The first-order valence-corrected chi connectivity index (χ1v) is 6.47. The molecule has 112 valence electrons. The molecule has 0 heterocycles. The van der Waals surface area contributed by atoms with Crippen molar-refractivity contribution in [1.82, 2.24) is 0 Å². The van der Waals surface area contributed by atoms with Gasteiger partial charge in [-0.1, -0.05) is 0 Å². The van der Waals surface area contributed by atoms with Crippen molar-refractivity contribution in [2.24, 2.45) is 0 Å². The van der Waals surface area contributed by atoms with Crippen LogP contribution in [0, 0.1) is 0 Å². The van der Waals surface area contributed by atoms with E-state index in [1.807, 2.05) is 0 Å². The summed E-state index contributed by atoms with van der Waals surface area (Å²) in [5.74, 6) is -1.22. The lowest BCUT2D eigenvalue weighted by molar-refractivity contribution is -0.116. The first kappa shape index (κ1) is 17.0. The van der Waals surface area contributed by atoms with Gasteiger partial charge in [0, 0.05) is 11.3 Å². The molecule has 0 bridgehead atoms. The Labute approximate surface area is 120 Å². The quantitative estimate of drug-likeness (QED) is 0.442. The van der Waals surface area contributed by atoms with E-state index < -0.39 is 29.7 Å². The van der Waals surface area contributed by atoms with E-state index in [9.17, 15) is 26.7 Å². The van der Waals surface area contributed by atoms with Crippen LogP contribution < -0.4 is 4.74 Å². The van der Waals surface area contributed by atoms with E-state index in [1.165, 1.54) is 0 Å². The van der Waals surface area contributed by atoms with Gasteiger partial charge in [0.2, 0.25) is 0 Å². The second kappa shape index (κ2) is 7.12. The molecule has 0 fully saturated rings. The maximum Gasteiger partial charge on any atom is 0.446 e. The zero-order valence-corrected chi connectivity index (χ0v) is 11.3. The molecule has 0 radical (unpaired) electrons. The van der Waals surface area contributed by atoms with Crippen molar-refractivity contribution in [3.63, 3.8) is 0 Å². The Morgan fingerprint density at radius 3 is 2.50 bits per heavy atom. The lowest BCUT2D eigenvalue weighted by atomic mass is 10.1. The fourth-order valence-electron chi connectivity index (χ4n) is 1.35. The summed E-state index contributed by atoms with van der Waals surface area (Å²) in [6.07, 6.45) is -0.387. The summed E-state index contributed by atoms with van der Waals surface area (Å²) < 4.78 is 65.3. The second-order valence-electron chi connectivity index (χ2n) is 3.54. The molecule has 0 N–H and O–H groups in total. The minimum Gasteiger partial charge on any atom is -0.435 e. The Hall–Kier alpha value is -1.02. The highest BCUT2D eigenvalue weighted by atomic mass is 35.5. The molecule has 0 spiro atoms. The van der Waals surface area contributed by atoms with Crippen molar-refractivity contribution in [2.45, 2.75) is 23.4 Å². The predicted molar refractivity (Wildman–Crippen MR) is 64.4 cm³/mol. The number of hydrogen-bond acceptors (Lipinski definition) is 3. The number of carbonyl (C=O) groups is 1. The average molecular weight is 335 g/mol. The molecule has 1 aromatic carbocycles. The normalized spacial score (nSPS) is 11.8. The Kier molecular flexibility index (Phi) is 6.07. The van der Waals surface area contributed by atoms with Gasteiger partial charge in [-0.15, -0.1) is 11.6 Å². The highest BCUT2D eigenvalue weighted by Crippen LogP contribution is 2.39. The third-order valence-corrected chi connectivity index (χ3v) is 3.17. The summed E-state index contributed by atoms with van der Waals surface area (Å²) >= 11 is 4.85. The zero-order chi connectivity index (χ0) is 15.3. The number of thioether (sulfide) groups is 1. The minimum absolute atomic E-state index is 0.0591. The van der Waals surface area contributed by atoms with Crippen LogP contribution in [0.5, 0.6) is 5.75 Å². The number of ketones is 1. The monoisotopic (exact) mass is 334 g/mol. The van der Waals surface area contributed by atoms with E-state index in [1.54, 1.807) is 0 Å². The van der Waals surface area contributed by atoms with Gasteiger partial charge in [0.05, 0.1) is 5.88 Å². The van der Waals surface area contributed by atoms with Crippen LogP contribution in [-0.4, -0.2) is 23.8 Å². The topological polar surface area (TPSA) is 26.3 Å². The molecule has 0 aliphatic heterocycles. The highest BCUT2D eigenvalue weighted by Gasteiger charge is 2.30. The minimum atomic E-state index is -4.55. The summed E-state index contributed by atoms with van der Waals surface area (Å²) in [6, 6.07) is 2.94. The fourth-order valence-corrected chi connectivity index (χ4v) is 2.10. The van der Waals surface area contributed by atoms with Crippen molar-refractivity contribution in [3.8, 4) is 5.75 Å². The fraction of sp³-hybridized carbons (Fsp3) is 0.364. The molecule has 0 saturated heterocycles. The Morgan fingerprint density at radius 1 is 1.35 bits per heavy atom. The number of rotatable bonds is 6. The lowest BCUT2D eigenvalue weighted by Gasteiger charge is -2.12. The zero-order valence-electron chi connectivity index (χ0n) is 9.72. The largest absolute Gasteiger partial charge is 0.446 e. The van der Waals surface area contributed by atoms with Gasteiger partial charge in [0.25, 0.3) is 0 Å². The second-order valence-corrected chi connectivity index (χ2v) is 4.92. The lowest BCUT2D eigenvalue weighted by Crippen LogP contribution is -2.08. The molecule has 0 unspecified atom stereocenters. The molecule has 0 aliphatic rings. The first-order valence-electron chi connectivity index (χ1n) is 5.12. The van der Waals surface area contributed by atoms with Crippen LogP contribution >= 0.6 is 23.4 Å². The molecule has 20 heavy (non-hydrogen) atoms. The van der Waals surface area contributed by atoms with Gasteiger partial charge in [-0.3, -0.25) is 4.79 Å². The van der Waals surface area contributed by atoms with Gasteiger partial charge in [0.15, 0.2) is 5.78 Å². The number of hydrogen-bond donors (Lipinski definition) is 0. The molecule has 0 aromatic heterocycles. The Bertz CT molecular complexity index is 478. The van der Waals surface area contributed by atoms with Crippen LogP contribution in [0.1, 0.15) is 5.56 Å². The smallest absolute Gasteiger partial charge is 0.435 e. The van der Waals surface area contributed by atoms with E-state index in [4.69, 9.17) is 11.6 Å². The number of benzene rings is 1. The van der Waals surface area contributed by atoms with Gasteiger partial charge < -0.3 is 4.74 Å². The van der Waals surface area contributed by atoms with Crippen LogP contribution in [0.25, 0.3) is 0 Å². The van der Waals surface area contributed by atoms with Gasteiger partial charge in [-0.05, 0) is 35.5 Å². The molecular weight excluding hydrogens is 327 g/mol. The van der Waals surface area contributed by atoms with E-state index in [0.29, 0.717) is 0 Å². The van der Waals surface area contributed by atoms with Crippen LogP contribution in [0.2, 0.25) is 0 Å². The van der Waals surface area contributed by atoms with Crippen molar-refractivity contribution < 1.29 is 31.5 Å². The first-order chi connectivity index (χ1) is 9.21. The van der Waals surface area contributed by atoms with Crippen molar-refractivity contribution in [3.05, 3.63) is 23.8 Å². The maximum atomic E-state index is 12.4. The molecular formula is C11H8ClF5O2S. The number of ether oxygens (including phenoxy) is 1. The number of alkyl halides is 6. The van der Waals surface area contributed by atoms with Crippen molar-refractivity contribution >= 4 is 29.1 Å². The van der Waals surface area contributed by atoms with Crippen LogP contribution in [0.3, 0.4) is 0 Å². The van der Waals surface area contributed by atoms with E-state index in [-0.39, 0.29) is 28.5 Å². The average Bonchev–Trinajstić information content (AvgIpc) is 2.30.